The molecule has 0 spiro atoms. The standard InChI is InChI=1S/C27H36N2O3/c1-4-26(29-14-13-21-16-24(31-2)25(32-3)17-23(21)18-29)28-27(30)22-12-8-11-20(15-22)19-9-6-5-7-10-19/h8,11-12,15-17,19,26H,4-7,9-10,13-14,18H2,1-3H3,(H,28,30). The van der Waals surface area contributed by atoms with E-state index in [2.05, 4.69) is 41.4 Å². The summed E-state index contributed by atoms with van der Waals surface area (Å²) in [6.45, 7) is 3.83. The van der Waals surface area contributed by atoms with Crippen molar-refractivity contribution in [1.29, 1.82) is 0 Å². The Kier molecular flexibility index (Phi) is 7.36. The molecule has 1 amide bonds. The van der Waals surface area contributed by atoms with E-state index in [9.17, 15) is 4.79 Å². The lowest BCUT2D eigenvalue weighted by atomic mass is 9.83. The molecule has 1 aliphatic heterocycles. The second kappa shape index (κ2) is 10.4. The molecule has 1 saturated carbocycles. The molecule has 4 rings (SSSR count). The van der Waals surface area contributed by atoms with E-state index in [1.807, 2.05) is 12.1 Å². The van der Waals surface area contributed by atoms with Gasteiger partial charge in [0.05, 0.1) is 20.4 Å². The molecule has 1 heterocycles. The van der Waals surface area contributed by atoms with Crippen LogP contribution < -0.4 is 14.8 Å². The molecule has 2 aromatic carbocycles. The molecule has 172 valence electrons. The van der Waals surface area contributed by atoms with Crippen molar-refractivity contribution in [2.45, 2.75) is 70.5 Å². The first-order chi connectivity index (χ1) is 15.6. The van der Waals surface area contributed by atoms with Gasteiger partial charge in [-0.3, -0.25) is 9.69 Å². The molecule has 5 heteroatoms. The van der Waals surface area contributed by atoms with E-state index in [4.69, 9.17) is 9.47 Å². The normalized spacial score (nSPS) is 18.0. The molecule has 32 heavy (non-hydrogen) atoms. The number of benzene rings is 2. The lowest BCUT2D eigenvalue weighted by Gasteiger charge is -2.36. The minimum absolute atomic E-state index is 0.00193. The van der Waals surface area contributed by atoms with E-state index < -0.39 is 0 Å². The van der Waals surface area contributed by atoms with Crippen LogP contribution in [0.25, 0.3) is 0 Å². The number of nitrogens with zero attached hydrogens (tertiary/aromatic N) is 1. The Balaban J connectivity index is 1.45. The lowest BCUT2D eigenvalue weighted by molar-refractivity contribution is 0.0819. The van der Waals surface area contributed by atoms with Crippen molar-refractivity contribution in [2.24, 2.45) is 0 Å². The maximum atomic E-state index is 13.1. The second-order valence-corrected chi connectivity index (χ2v) is 9.05. The molecule has 1 N–H and O–H groups in total. The van der Waals surface area contributed by atoms with E-state index >= 15 is 0 Å². The highest BCUT2D eigenvalue weighted by atomic mass is 16.5. The summed E-state index contributed by atoms with van der Waals surface area (Å²) in [5, 5.41) is 3.30. The van der Waals surface area contributed by atoms with Gasteiger partial charge in [0.25, 0.3) is 5.91 Å². The maximum Gasteiger partial charge on any atom is 0.252 e. The Morgan fingerprint density at radius 1 is 1.06 bits per heavy atom. The predicted octanol–water partition coefficient (Wildman–Crippen LogP) is 5.28. The highest BCUT2D eigenvalue weighted by Crippen LogP contribution is 2.34. The van der Waals surface area contributed by atoms with Crippen LogP contribution >= 0.6 is 0 Å². The van der Waals surface area contributed by atoms with Crippen molar-refractivity contribution in [2.75, 3.05) is 20.8 Å². The van der Waals surface area contributed by atoms with Crippen molar-refractivity contribution < 1.29 is 14.3 Å². The minimum atomic E-state index is 0.00193. The maximum absolute atomic E-state index is 13.1. The minimum Gasteiger partial charge on any atom is -0.493 e. The van der Waals surface area contributed by atoms with Crippen LogP contribution in [0.3, 0.4) is 0 Å². The molecule has 1 fully saturated rings. The smallest absolute Gasteiger partial charge is 0.252 e. The van der Waals surface area contributed by atoms with E-state index in [1.165, 1.54) is 48.8 Å². The number of rotatable bonds is 7. The first-order valence-corrected chi connectivity index (χ1v) is 12.0. The molecular formula is C27H36N2O3. The number of hydrogen-bond donors (Lipinski definition) is 1. The second-order valence-electron chi connectivity index (χ2n) is 9.05. The van der Waals surface area contributed by atoms with Gasteiger partial charge in [-0.15, -0.1) is 0 Å². The van der Waals surface area contributed by atoms with Crippen LogP contribution in [0.15, 0.2) is 36.4 Å². The Morgan fingerprint density at radius 3 is 2.47 bits per heavy atom. The molecule has 2 aromatic rings. The van der Waals surface area contributed by atoms with Gasteiger partial charge in [0.2, 0.25) is 0 Å². The van der Waals surface area contributed by atoms with Gasteiger partial charge in [0, 0.05) is 18.7 Å². The van der Waals surface area contributed by atoms with Crippen LogP contribution in [0.5, 0.6) is 11.5 Å². The number of fused-ring (bicyclic) bond motifs is 1. The topological polar surface area (TPSA) is 50.8 Å². The van der Waals surface area contributed by atoms with Crippen molar-refractivity contribution in [3.8, 4) is 11.5 Å². The van der Waals surface area contributed by atoms with E-state index in [0.717, 1.165) is 43.0 Å². The number of hydrogen-bond acceptors (Lipinski definition) is 4. The number of carbonyl (C=O) groups excluding carboxylic acids is 1. The van der Waals surface area contributed by atoms with Gasteiger partial charge in [-0.05, 0) is 72.6 Å². The number of nitrogens with one attached hydrogen (secondary N) is 1. The fourth-order valence-electron chi connectivity index (χ4n) is 5.23. The number of methoxy groups -OCH3 is 2. The van der Waals surface area contributed by atoms with Crippen LogP contribution in [0.2, 0.25) is 0 Å². The fourth-order valence-corrected chi connectivity index (χ4v) is 5.23. The summed E-state index contributed by atoms with van der Waals surface area (Å²) in [6.07, 6.45) is 8.21. The monoisotopic (exact) mass is 436 g/mol. The average molecular weight is 437 g/mol. The zero-order valence-electron chi connectivity index (χ0n) is 19.7. The van der Waals surface area contributed by atoms with Gasteiger partial charge < -0.3 is 14.8 Å². The molecule has 0 saturated heterocycles. The summed E-state index contributed by atoms with van der Waals surface area (Å²) in [6, 6.07) is 12.4. The highest BCUT2D eigenvalue weighted by molar-refractivity contribution is 5.94. The van der Waals surface area contributed by atoms with Crippen molar-refractivity contribution >= 4 is 5.91 Å². The quantitative estimate of drug-likeness (QED) is 0.642. The van der Waals surface area contributed by atoms with Gasteiger partial charge in [-0.1, -0.05) is 38.3 Å². The van der Waals surface area contributed by atoms with Gasteiger partial charge >= 0.3 is 0 Å². The third-order valence-corrected chi connectivity index (χ3v) is 7.10. The van der Waals surface area contributed by atoms with Crippen LogP contribution in [-0.2, 0) is 13.0 Å². The van der Waals surface area contributed by atoms with Crippen LogP contribution in [0, 0.1) is 0 Å². The molecule has 0 bridgehead atoms. The fraction of sp³-hybridized carbons (Fsp3) is 0.519. The predicted molar refractivity (Wildman–Crippen MR) is 127 cm³/mol. The van der Waals surface area contributed by atoms with Crippen LogP contribution in [-0.4, -0.2) is 37.7 Å². The first kappa shape index (κ1) is 22.7. The van der Waals surface area contributed by atoms with Crippen LogP contribution in [0.4, 0.5) is 0 Å². The Labute approximate surface area is 192 Å². The highest BCUT2D eigenvalue weighted by Gasteiger charge is 2.26. The number of carbonyl (C=O) groups is 1. The Morgan fingerprint density at radius 2 is 1.78 bits per heavy atom. The molecular weight excluding hydrogens is 400 g/mol. The van der Waals surface area contributed by atoms with E-state index in [-0.39, 0.29) is 12.1 Å². The molecule has 2 aliphatic rings. The zero-order chi connectivity index (χ0) is 22.5. The summed E-state index contributed by atoms with van der Waals surface area (Å²) in [4.78, 5) is 15.5. The number of ether oxygens (including phenoxy) is 2. The molecule has 1 aliphatic carbocycles. The summed E-state index contributed by atoms with van der Waals surface area (Å²) in [7, 11) is 3.34. The van der Waals surface area contributed by atoms with Gasteiger partial charge in [0.1, 0.15) is 0 Å². The molecule has 0 aromatic heterocycles. The van der Waals surface area contributed by atoms with Gasteiger partial charge in [-0.2, -0.15) is 0 Å². The average Bonchev–Trinajstić information content (AvgIpc) is 2.86. The summed E-state index contributed by atoms with van der Waals surface area (Å²) >= 11 is 0. The summed E-state index contributed by atoms with van der Waals surface area (Å²) in [5.74, 6) is 2.15. The number of amides is 1. The van der Waals surface area contributed by atoms with Crippen molar-refractivity contribution in [1.82, 2.24) is 10.2 Å². The summed E-state index contributed by atoms with van der Waals surface area (Å²) < 4.78 is 11.0. The zero-order valence-corrected chi connectivity index (χ0v) is 19.7. The van der Waals surface area contributed by atoms with Gasteiger partial charge in [-0.25, -0.2) is 0 Å². The largest absolute Gasteiger partial charge is 0.493 e. The summed E-state index contributed by atoms with van der Waals surface area (Å²) in [5.41, 5.74) is 4.62. The molecule has 1 unspecified atom stereocenters. The molecule has 5 nitrogen and oxygen atoms in total. The third-order valence-electron chi connectivity index (χ3n) is 7.10. The van der Waals surface area contributed by atoms with Gasteiger partial charge in [0.15, 0.2) is 11.5 Å². The molecule has 1 atom stereocenters. The van der Waals surface area contributed by atoms with Crippen molar-refractivity contribution in [3.63, 3.8) is 0 Å². The van der Waals surface area contributed by atoms with E-state index in [1.54, 1.807) is 14.2 Å². The van der Waals surface area contributed by atoms with Crippen LogP contribution in [0.1, 0.15) is 78.4 Å². The van der Waals surface area contributed by atoms with Crippen molar-refractivity contribution in [3.05, 3.63) is 58.7 Å². The third kappa shape index (κ3) is 4.93. The first-order valence-electron chi connectivity index (χ1n) is 12.0. The Hall–Kier alpha value is -2.53. The Bertz CT molecular complexity index is 936. The molecule has 0 radical (unpaired) electrons. The SMILES string of the molecule is CCC(NC(=O)c1cccc(C2CCCCC2)c1)N1CCc2cc(OC)c(OC)cc2C1. The van der Waals surface area contributed by atoms with E-state index in [0.29, 0.717) is 5.92 Å². The lowest BCUT2D eigenvalue weighted by Crippen LogP contribution is -2.49.